The van der Waals surface area contributed by atoms with E-state index in [2.05, 4.69) is 101 Å². The molecule has 1 heterocycles. The quantitative estimate of drug-likeness (QED) is 0.260. The minimum absolute atomic E-state index is 0.756. The van der Waals surface area contributed by atoms with Gasteiger partial charge in [-0.05, 0) is 66.2 Å². The number of nitrogens with two attached hydrogens (primary N) is 1. The Labute approximate surface area is 203 Å². The summed E-state index contributed by atoms with van der Waals surface area (Å²) in [4.78, 5) is 4.85. The number of para-hydroxylation sites is 2. The lowest BCUT2D eigenvalue weighted by molar-refractivity contribution is 1.17. The molecule has 6 rings (SSSR count). The number of nitrogen functional groups attached to an aromatic ring is 1. The molecule has 4 heteroatoms. The van der Waals surface area contributed by atoms with Crippen molar-refractivity contribution in [2.24, 2.45) is 0 Å². The van der Waals surface area contributed by atoms with Crippen molar-refractivity contribution in [1.82, 2.24) is 0 Å². The Morgan fingerprint density at radius 3 is 1.88 bits per heavy atom. The number of fused-ring (bicyclic) bond motifs is 2. The Balaban J connectivity index is 1.36. The van der Waals surface area contributed by atoms with E-state index in [1.807, 2.05) is 42.1 Å². The zero-order chi connectivity index (χ0) is 22.9. The van der Waals surface area contributed by atoms with Crippen LogP contribution in [0.2, 0.25) is 0 Å². The summed E-state index contributed by atoms with van der Waals surface area (Å²) in [5, 5.41) is 3.58. The monoisotopic (exact) mass is 457 g/mol. The first-order chi connectivity index (χ1) is 16.8. The average molecular weight is 458 g/mol. The second kappa shape index (κ2) is 8.65. The van der Waals surface area contributed by atoms with Gasteiger partial charge in [-0.15, -0.1) is 0 Å². The molecule has 0 aromatic heterocycles. The van der Waals surface area contributed by atoms with E-state index in [1.165, 1.54) is 21.2 Å². The fourth-order valence-electron chi connectivity index (χ4n) is 4.43. The van der Waals surface area contributed by atoms with Gasteiger partial charge >= 0.3 is 0 Å². The molecule has 0 spiro atoms. The summed E-state index contributed by atoms with van der Waals surface area (Å²) < 4.78 is 0. The van der Waals surface area contributed by atoms with E-state index in [1.54, 1.807) is 0 Å². The van der Waals surface area contributed by atoms with E-state index < -0.39 is 0 Å². The summed E-state index contributed by atoms with van der Waals surface area (Å²) in [5.74, 6) is 0. The van der Waals surface area contributed by atoms with Gasteiger partial charge < -0.3 is 16.0 Å². The SMILES string of the molecule is Nc1cccc(Nc2ccc(N3c4ccccc4Sc4ccccc43)cc2)c1-c1ccccc1. The molecular formula is C30H23N3S. The van der Waals surface area contributed by atoms with Crippen LogP contribution >= 0.6 is 11.8 Å². The largest absolute Gasteiger partial charge is 0.398 e. The maximum Gasteiger partial charge on any atom is 0.0601 e. The molecule has 3 nitrogen and oxygen atoms in total. The number of rotatable bonds is 4. The molecule has 0 saturated heterocycles. The molecule has 1 aliphatic rings. The van der Waals surface area contributed by atoms with Crippen LogP contribution in [-0.4, -0.2) is 0 Å². The Morgan fingerprint density at radius 2 is 1.21 bits per heavy atom. The van der Waals surface area contributed by atoms with Crippen molar-refractivity contribution in [1.29, 1.82) is 0 Å². The summed E-state index contributed by atoms with van der Waals surface area (Å²) in [5.41, 5.74) is 14.8. The number of benzene rings is 5. The predicted molar refractivity (Wildman–Crippen MR) is 145 cm³/mol. The van der Waals surface area contributed by atoms with E-state index in [0.29, 0.717) is 0 Å². The van der Waals surface area contributed by atoms with E-state index in [-0.39, 0.29) is 0 Å². The van der Waals surface area contributed by atoms with Crippen LogP contribution in [-0.2, 0) is 0 Å². The highest BCUT2D eigenvalue weighted by Crippen LogP contribution is 2.51. The van der Waals surface area contributed by atoms with Crippen molar-refractivity contribution in [2.45, 2.75) is 9.79 Å². The Morgan fingerprint density at radius 1 is 0.588 bits per heavy atom. The first-order valence-corrected chi connectivity index (χ1v) is 12.1. The van der Waals surface area contributed by atoms with Crippen LogP contribution in [0, 0.1) is 0 Å². The fraction of sp³-hybridized carbons (Fsp3) is 0. The van der Waals surface area contributed by atoms with Crippen LogP contribution in [0.1, 0.15) is 0 Å². The third-order valence-corrected chi connectivity index (χ3v) is 7.13. The molecule has 0 fully saturated rings. The van der Waals surface area contributed by atoms with Gasteiger partial charge in [0.05, 0.1) is 11.4 Å². The van der Waals surface area contributed by atoms with Gasteiger partial charge in [0.25, 0.3) is 0 Å². The predicted octanol–water partition coefficient (Wildman–Crippen LogP) is 8.61. The third kappa shape index (κ3) is 3.68. The lowest BCUT2D eigenvalue weighted by atomic mass is 10.0. The molecule has 0 aliphatic carbocycles. The molecule has 0 atom stereocenters. The van der Waals surface area contributed by atoms with Gasteiger partial charge in [0.1, 0.15) is 0 Å². The summed E-state index contributed by atoms with van der Waals surface area (Å²) in [6.07, 6.45) is 0. The van der Waals surface area contributed by atoms with Gasteiger partial charge in [-0.1, -0.05) is 72.4 Å². The summed E-state index contributed by atoms with van der Waals surface area (Å²) in [7, 11) is 0. The molecule has 0 radical (unpaired) electrons. The van der Waals surface area contributed by atoms with Crippen molar-refractivity contribution < 1.29 is 0 Å². The van der Waals surface area contributed by atoms with Gasteiger partial charge in [-0.2, -0.15) is 0 Å². The lowest BCUT2D eigenvalue weighted by Crippen LogP contribution is -2.14. The zero-order valence-corrected chi connectivity index (χ0v) is 19.3. The topological polar surface area (TPSA) is 41.3 Å². The van der Waals surface area contributed by atoms with Crippen LogP contribution in [0.5, 0.6) is 0 Å². The fourth-order valence-corrected chi connectivity index (χ4v) is 5.49. The molecule has 5 aromatic carbocycles. The van der Waals surface area contributed by atoms with Gasteiger partial charge in [-0.3, -0.25) is 0 Å². The summed E-state index contributed by atoms with van der Waals surface area (Å²) in [6, 6.07) is 42.0. The van der Waals surface area contributed by atoms with E-state index in [0.717, 1.165) is 33.9 Å². The van der Waals surface area contributed by atoms with Crippen molar-refractivity contribution in [2.75, 3.05) is 16.0 Å². The van der Waals surface area contributed by atoms with Crippen LogP contribution in [0.25, 0.3) is 11.1 Å². The maximum atomic E-state index is 6.37. The van der Waals surface area contributed by atoms with Crippen molar-refractivity contribution >= 4 is 45.9 Å². The normalized spacial score (nSPS) is 12.1. The Bertz CT molecular complexity index is 1420. The zero-order valence-electron chi connectivity index (χ0n) is 18.5. The smallest absolute Gasteiger partial charge is 0.0601 e. The minimum atomic E-state index is 0.756. The molecule has 164 valence electrons. The molecule has 0 bridgehead atoms. The highest BCUT2D eigenvalue weighted by molar-refractivity contribution is 7.99. The molecule has 3 N–H and O–H groups in total. The maximum absolute atomic E-state index is 6.37. The van der Waals surface area contributed by atoms with Gasteiger partial charge in [-0.25, -0.2) is 0 Å². The second-order valence-corrected chi connectivity index (χ2v) is 9.26. The number of hydrogen-bond donors (Lipinski definition) is 2. The number of nitrogens with one attached hydrogen (secondary N) is 1. The van der Waals surface area contributed by atoms with E-state index in [4.69, 9.17) is 5.73 Å². The van der Waals surface area contributed by atoms with Gasteiger partial charge in [0, 0.05) is 38.1 Å². The molecule has 1 aliphatic heterocycles. The Hall–Kier alpha value is -4.15. The lowest BCUT2D eigenvalue weighted by Gasteiger charge is -2.32. The third-order valence-electron chi connectivity index (χ3n) is 6.00. The van der Waals surface area contributed by atoms with Crippen molar-refractivity contribution in [3.8, 4) is 11.1 Å². The first-order valence-electron chi connectivity index (χ1n) is 11.2. The van der Waals surface area contributed by atoms with Crippen molar-refractivity contribution in [3.05, 3.63) is 121 Å². The molecule has 5 aromatic rings. The van der Waals surface area contributed by atoms with Crippen LogP contribution < -0.4 is 16.0 Å². The van der Waals surface area contributed by atoms with Gasteiger partial charge in [0.2, 0.25) is 0 Å². The standard InChI is InChI=1S/C30H23N3S/c31-24-11-8-12-25(30(24)21-9-2-1-3-10-21)32-22-17-19-23(20-18-22)33-26-13-4-6-15-28(26)34-29-16-7-5-14-27(29)33/h1-20,32H,31H2. The van der Waals surface area contributed by atoms with Crippen LogP contribution in [0.4, 0.5) is 34.1 Å². The summed E-state index contributed by atoms with van der Waals surface area (Å²) in [6.45, 7) is 0. The molecular weight excluding hydrogens is 434 g/mol. The van der Waals surface area contributed by atoms with Crippen LogP contribution in [0.15, 0.2) is 131 Å². The Kier molecular flexibility index (Phi) is 5.21. The van der Waals surface area contributed by atoms with E-state index >= 15 is 0 Å². The highest BCUT2D eigenvalue weighted by atomic mass is 32.2. The minimum Gasteiger partial charge on any atom is -0.398 e. The van der Waals surface area contributed by atoms with E-state index in [9.17, 15) is 0 Å². The van der Waals surface area contributed by atoms with Crippen molar-refractivity contribution in [3.63, 3.8) is 0 Å². The highest BCUT2D eigenvalue weighted by Gasteiger charge is 2.24. The second-order valence-electron chi connectivity index (χ2n) is 8.18. The molecule has 0 amide bonds. The number of anilines is 6. The van der Waals surface area contributed by atoms with Crippen LogP contribution in [0.3, 0.4) is 0 Å². The number of hydrogen-bond acceptors (Lipinski definition) is 4. The van der Waals surface area contributed by atoms with Gasteiger partial charge in [0.15, 0.2) is 0 Å². The number of nitrogens with zero attached hydrogens (tertiary/aromatic N) is 1. The average Bonchev–Trinajstić information content (AvgIpc) is 2.88. The first kappa shape index (κ1) is 20.5. The molecule has 0 unspecified atom stereocenters. The summed E-state index contributed by atoms with van der Waals surface area (Å²) >= 11 is 1.82. The molecule has 34 heavy (non-hydrogen) atoms. The molecule has 0 saturated carbocycles.